The third-order valence-electron chi connectivity index (χ3n) is 5.80. The molecular weight excluding hydrogens is 491 g/mol. The van der Waals surface area contributed by atoms with Crippen molar-refractivity contribution in [2.45, 2.75) is 49.6 Å². The van der Waals surface area contributed by atoms with Gasteiger partial charge in [0.2, 0.25) is 5.95 Å². The van der Waals surface area contributed by atoms with Crippen molar-refractivity contribution in [3.63, 3.8) is 0 Å². The summed E-state index contributed by atoms with van der Waals surface area (Å²) in [6, 6.07) is 7.72. The predicted octanol–water partition coefficient (Wildman–Crippen LogP) is 4.63. The smallest absolute Gasteiger partial charge is 0.264 e. The number of rotatable bonds is 7. The number of pyridine rings is 1. The lowest BCUT2D eigenvalue weighted by Crippen LogP contribution is -2.33. The summed E-state index contributed by atoms with van der Waals surface area (Å²) >= 11 is 5.97. The van der Waals surface area contributed by atoms with Crippen LogP contribution in [0, 0.1) is 12.7 Å². The molecule has 184 valence electrons. The van der Waals surface area contributed by atoms with Gasteiger partial charge in [-0.05, 0) is 56.4 Å². The number of benzene rings is 1. The average molecular weight is 517 g/mol. The van der Waals surface area contributed by atoms with E-state index in [1.165, 1.54) is 24.3 Å². The van der Waals surface area contributed by atoms with Gasteiger partial charge >= 0.3 is 0 Å². The summed E-state index contributed by atoms with van der Waals surface area (Å²) in [7, 11) is -4.10. The lowest BCUT2D eigenvalue weighted by Gasteiger charge is -2.26. The quantitative estimate of drug-likeness (QED) is 0.418. The Kier molecular flexibility index (Phi) is 7.63. The summed E-state index contributed by atoms with van der Waals surface area (Å²) in [5.74, 6) is -0.655. The van der Waals surface area contributed by atoms with Gasteiger partial charge in [0, 0.05) is 35.7 Å². The molecule has 0 spiro atoms. The topological polar surface area (TPSA) is 123 Å². The minimum Gasteiger partial charge on any atom is -0.351 e. The Morgan fingerprint density at radius 3 is 2.49 bits per heavy atom. The number of aromatic nitrogens is 3. The van der Waals surface area contributed by atoms with Gasteiger partial charge in [0.1, 0.15) is 4.90 Å². The van der Waals surface area contributed by atoms with Gasteiger partial charge in [-0.25, -0.2) is 27.8 Å². The summed E-state index contributed by atoms with van der Waals surface area (Å²) < 4.78 is 42.1. The van der Waals surface area contributed by atoms with E-state index in [1.54, 1.807) is 37.5 Å². The van der Waals surface area contributed by atoms with Crippen molar-refractivity contribution in [3.8, 4) is 0 Å². The highest BCUT2D eigenvalue weighted by Gasteiger charge is 2.21. The van der Waals surface area contributed by atoms with Gasteiger partial charge < -0.3 is 11.1 Å². The first-order chi connectivity index (χ1) is 16.7. The normalized spacial score (nSPS) is 18.5. The maximum Gasteiger partial charge on any atom is 0.264 e. The molecule has 1 saturated carbocycles. The second kappa shape index (κ2) is 10.7. The van der Waals surface area contributed by atoms with Gasteiger partial charge in [0.15, 0.2) is 11.6 Å². The number of nitrogens with two attached hydrogens (primary N) is 1. The van der Waals surface area contributed by atoms with Gasteiger partial charge in [0.25, 0.3) is 10.0 Å². The van der Waals surface area contributed by atoms with Crippen LogP contribution in [0.15, 0.2) is 47.6 Å². The first-order valence-electron chi connectivity index (χ1n) is 11.2. The number of aryl methyl sites for hydroxylation is 1. The molecular formula is C24H26ClFN6O2S. The lowest BCUT2D eigenvalue weighted by atomic mass is 9.92. The number of hydrogen-bond acceptors (Lipinski definition) is 7. The molecule has 1 aliphatic rings. The highest BCUT2D eigenvalue weighted by molar-refractivity contribution is 7.92. The van der Waals surface area contributed by atoms with Crippen LogP contribution in [0.5, 0.6) is 0 Å². The molecule has 1 aliphatic carbocycles. The molecule has 1 aromatic carbocycles. The van der Waals surface area contributed by atoms with Crippen molar-refractivity contribution < 1.29 is 12.8 Å². The maximum atomic E-state index is 14.7. The predicted molar refractivity (Wildman–Crippen MR) is 136 cm³/mol. The van der Waals surface area contributed by atoms with Crippen LogP contribution in [-0.4, -0.2) is 35.5 Å². The van der Waals surface area contributed by atoms with Crippen molar-refractivity contribution in [2.75, 3.05) is 10.0 Å². The second-order valence-electron chi connectivity index (χ2n) is 8.46. The second-order valence-corrected chi connectivity index (χ2v) is 10.5. The highest BCUT2D eigenvalue weighted by Crippen LogP contribution is 2.25. The Labute approximate surface area is 208 Å². The van der Waals surface area contributed by atoms with Gasteiger partial charge in [0.05, 0.1) is 5.02 Å². The molecule has 0 atom stereocenters. The van der Waals surface area contributed by atoms with Gasteiger partial charge in [-0.2, -0.15) is 0 Å². The fourth-order valence-electron chi connectivity index (χ4n) is 3.81. The zero-order valence-electron chi connectivity index (χ0n) is 19.1. The van der Waals surface area contributed by atoms with Crippen molar-refractivity contribution in [3.05, 3.63) is 70.4 Å². The molecule has 3 aromatic rings. The van der Waals surface area contributed by atoms with Crippen LogP contribution < -0.4 is 15.8 Å². The van der Waals surface area contributed by atoms with Crippen LogP contribution in [0.2, 0.25) is 5.02 Å². The van der Waals surface area contributed by atoms with Crippen LogP contribution in [0.4, 0.5) is 16.2 Å². The van der Waals surface area contributed by atoms with Crippen molar-refractivity contribution in [1.29, 1.82) is 0 Å². The Bertz CT molecular complexity index is 1330. The van der Waals surface area contributed by atoms with Crippen LogP contribution >= 0.6 is 11.6 Å². The Hall–Kier alpha value is -3.08. The molecule has 4 N–H and O–H groups in total. The maximum absolute atomic E-state index is 14.7. The zero-order chi connectivity index (χ0) is 25.0. The van der Waals surface area contributed by atoms with Gasteiger partial charge in [-0.3, -0.25) is 4.72 Å². The van der Waals surface area contributed by atoms with E-state index >= 15 is 0 Å². The molecule has 35 heavy (non-hydrogen) atoms. The standard InChI is InChI=1S/C24H26ClFN6O2S/c1-15-17(7-6-16-13-28-24(29-14-16)31-19-10-8-18(27)9-11-19)12-21(26)23(30-15)32-35(33,34)22-5-3-2-4-20(22)25/h2-7,12-14,18-19H,8-11,27H2,1H3,(H,30,32)(H,28,29,31)/b7-6+/t18-,19-. The summed E-state index contributed by atoms with van der Waals surface area (Å²) in [6.45, 7) is 1.66. The van der Waals surface area contributed by atoms with Gasteiger partial charge in [-0.15, -0.1) is 0 Å². The molecule has 0 unspecified atom stereocenters. The third-order valence-corrected chi connectivity index (χ3v) is 7.63. The molecule has 0 aliphatic heterocycles. The first kappa shape index (κ1) is 25.0. The van der Waals surface area contributed by atoms with E-state index in [1.807, 2.05) is 0 Å². The highest BCUT2D eigenvalue weighted by atomic mass is 35.5. The third kappa shape index (κ3) is 6.33. The van der Waals surface area contributed by atoms with Crippen molar-refractivity contribution in [2.24, 2.45) is 5.73 Å². The number of halogens is 2. The minimum atomic E-state index is -4.10. The van der Waals surface area contributed by atoms with E-state index in [9.17, 15) is 12.8 Å². The van der Waals surface area contributed by atoms with Crippen molar-refractivity contribution >= 4 is 45.5 Å². The van der Waals surface area contributed by atoms with E-state index in [0.717, 1.165) is 31.2 Å². The molecule has 0 bridgehead atoms. The zero-order valence-corrected chi connectivity index (χ0v) is 20.7. The van der Waals surface area contributed by atoms with Crippen molar-refractivity contribution in [1.82, 2.24) is 15.0 Å². The number of nitrogens with zero attached hydrogens (tertiary/aromatic N) is 3. The van der Waals surface area contributed by atoms with Crippen LogP contribution in [0.25, 0.3) is 12.2 Å². The lowest BCUT2D eigenvalue weighted by molar-refractivity contribution is 0.410. The summed E-state index contributed by atoms with van der Waals surface area (Å²) in [4.78, 5) is 12.6. The molecule has 2 aromatic heterocycles. The Balaban J connectivity index is 1.44. The monoisotopic (exact) mass is 516 g/mol. The Morgan fingerprint density at radius 1 is 1.11 bits per heavy atom. The molecule has 2 heterocycles. The minimum absolute atomic E-state index is 0.0306. The molecule has 1 fully saturated rings. The first-order valence-corrected chi connectivity index (χ1v) is 13.0. The number of sulfonamides is 1. The van der Waals surface area contributed by atoms with Crippen LogP contribution in [0.3, 0.4) is 0 Å². The Morgan fingerprint density at radius 2 is 1.80 bits per heavy atom. The van der Waals surface area contributed by atoms with Crippen LogP contribution in [0.1, 0.15) is 42.5 Å². The van der Waals surface area contributed by atoms with E-state index in [-0.39, 0.29) is 16.0 Å². The van der Waals surface area contributed by atoms with E-state index in [0.29, 0.717) is 23.2 Å². The van der Waals surface area contributed by atoms with Gasteiger partial charge in [-0.1, -0.05) is 35.9 Å². The van der Waals surface area contributed by atoms with E-state index in [4.69, 9.17) is 17.3 Å². The molecule has 0 saturated heterocycles. The van der Waals surface area contributed by atoms with E-state index < -0.39 is 21.7 Å². The van der Waals surface area contributed by atoms with E-state index in [2.05, 4.69) is 25.0 Å². The van der Waals surface area contributed by atoms with Crippen LogP contribution in [-0.2, 0) is 10.0 Å². The molecule has 8 nitrogen and oxygen atoms in total. The molecule has 0 radical (unpaired) electrons. The molecule has 4 rings (SSSR count). The number of hydrogen-bond donors (Lipinski definition) is 3. The number of nitrogens with one attached hydrogen (secondary N) is 2. The molecule has 0 amide bonds. The summed E-state index contributed by atoms with van der Waals surface area (Å²) in [5.41, 5.74) is 7.60. The fraction of sp³-hybridized carbons (Fsp3) is 0.292. The largest absolute Gasteiger partial charge is 0.351 e. The molecule has 11 heteroatoms. The fourth-order valence-corrected chi connectivity index (χ4v) is 5.34. The summed E-state index contributed by atoms with van der Waals surface area (Å²) in [5, 5.41) is 3.36. The number of anilines is 2. The summed E-state index contributed by atoms with van der Waals surface area (Å²) in [6.07, 6.45) is 10.7. The average Bonchev–Trinajstić information content (AvgIpc) is 2.83. The SMILES string of the molecule is Cc1nc(NS(=O)(=O)c2ccccc2Cl)c(F)cc1/C=C/c1cnc(N[C@H]2CC[C@H](N)CC2)nc1.